The van der Waals surface area contributed by atoms with E-state index in [1.807, 2.05) is 45.0 Å². The van der Waals surface area contributed by atoms with E-state index in [0.717, 1.165) is 5.56 Å². The number of aliphatic hydroxyl groups excluding tert-OH is 1. The van der Waals surface area contributed by atoms with Gasteiger partial charge in [0, 0.05) is 12.1 Å². The summed E-state index contributed by atoms with van der Waals surface area (Å²) in [7, 11) is 0. The number of Topliss-reactive ketones (excluding diaryl/α,β-unsaturated/α-hetero) is 1. The summed E-state index contributed by atoms with van der Waals surface area (Å²) in [6, 6.07) is 13.6. The SMILES string of the molecule is CCCN1C(=O)C(=O)/C(=C(\O)c2ccc(OCC(C)C)cc2)C1c1ccc(OC(C)C)cc1. The Bertz CT molecular complexity index is 1010. The first kappa shape index (κ1) is 24.4. The predicted octanol–water partition coefficient (Wildman–Crippen LogP) is 5.34. The van der Waals surface area contributed by atoms with Crippen LogP contribution in [0.1, 0.15) is 58.2 Å². The van der Waals surface area contributed by atoms with Crippen molar-refractivity contribution in [3.63, 3.8) is 0 Å². The highest BCUT2D eigenvalue weighted by Crippen LogP contribution is 2.40. The van der Waals surface area contributed by atoms with Gasteiger partial charge in [-0.2, -0.15) is 0 Å². The zero-order valence-electron chi connectivity index (χ0n) is 20.0. The molecule has 6 nitrogen and oxygen atoms in total. The Labute approximate surface area is 195 Å². The molecule has 1 N–H and O–H groups in total. The van der Waals surface area contributed by atoms with E-state index in [1.165, 1.54) is 4.90 Å². The zero-order valence-corrected chi connectivity index (χ0v) is 20.0. The van der Waals surface area contributed by atoms with Gasteiger partial charge in [-0.3, -0.25) is 9.59 Å². The summed E-state index contributed by atoms with van der Waals surface area (Å²) < 4.78 is 11.4. The van der Waals surface area contributed by atoms with Crippen molar-refractivity contribution < 1.29 is 24.2 Å². The topological polar surface area (TPSA) is 76.1 Å². The van der Waals surface area contributed by atoms with Gasteiger partial charge in [0.1, 0.15) is 17.3 Å². The number of hydrogen-bond donors (Lipinski definition) is 1. The fraction of sp³-hybridized carbons (Fsp3) is 0.407. The van der Waals surface area contributed by atoms with Crippen LogP contribution in [0.3, 0.4) is 0 Å². The van der Waals surface area contributed by atoms with Crippen molar-refractivity contribution in [1.82, 2.24) is 4.90 Å². The normalized spacial score (nSPS) is 17.8. The molecule has 1 aliphatic rings. The van der Waals surface area contributed by atoms with Gasteiger partial charge in [0.2, 0.25) is 0 Å². The Kier molecular flexibility index (Phi) is 7.79. The molecule has 1 unspecified atom stereocenters. The van der Waals surface area contributed by atoms with Crippen LogP contribution in [0.25, 0.3) is 5.76 Å². The summed E-state index contributed by atoms with van der Waals surface area (Å²) in [5.41, 5.74) is 1.31. The number of benzene rings is 2. The molecule has 1 heterocycles. The van der Waals surface area contributed by atoms with E-state index in [4.69, 9.17) is 9.47 Å². The van der Waals surface area contributed by atoms with Crippen LogP contribution in [-0.4, -0.2) is 41.0 Å². The third-order valence-electron chi connectivity index (χ3n) is 5.28. The Balaban J connectivity index is 2.00. The van der Waals surface area contributed by atoms with Crippen molar-refractivity contribution in [3.05, 3.63) is 65.2 Å². The molecule has 1 amide bonds. The Morgan fingerprint density at radius 2 is 1.58 bits per heavy atom. The number of ketones is 1. The molecule has 0 saturated carbocycles. The molecular formula is C27H33NO5. The lowest BCUT2D eigenvalue weighted by atomic mass is 9.95. The van der Waals surface area contributed by atoms with Crippen LogP contribution >= 0.6 is 0 Å². The van der Waals surface area contributed by atoms with Crippen molar-refractivity contribution >= 4 is 17.4 Å². The smallest absolute Gasteiger partial charge is 0.295 e. The second-order valence-corrected chi connectivity index (χ2v) is 8.96. The van der Waals surface area contributed by atoms with Crippen LogP contribution in [0.4, 0.5) is 0 Å². The first-order valence-corrected chi connectivity index (χ1v) is 11.5. The van der Waals surface area contributed by atoms with Crippen LogP contribution in [0, 0.1) is 5.92 Å². The molecule has 2 aromatic carbocycles. The van der Waals surface area contributed by atoms with Gasteiger partial charge in [-0.15, -0.1) is 0 Å². The number of ether oxygens (including phenoxy) is 2. The van der Waals surface area contributed by atoms with Crippen molar-refractivity contribution in [3.8, 4) is 11.5 Å². The molecule has 0 aromatic heterocycles. The summed E-state index contributed by atoms with van der Waals surface area (Å²) in [5.74, 6) is 0.332. The molecule has 0 bridgehead atoms. The van der Waals surface area contributed by atoms with Gasteiger partial charge in [0.05, 0.1) is 24.3 Å². The highest BCUT2D eigenvalue weighted by atomic mass is 16.5. The molecule has 0 spiro atoms. The van der Waals surface area contributed by atoms with Crippen molar-refractivity contribution in [2.75, 3.05) is 13.2 Å². The van der Waals surface area contributed by atoms with Crippen LogP contribution < -0.4 is 9.47 Å². The number of carbonyl (C=O) groups is 2. The summed E-state index contributed by atoms with van der Waals surface area (Å²) in [6.45, 7) is 11.0. The maximum Gasteiger partial charge on any atom is 0.295 e. The van der Waals surface area contributed by atoms with Crippen molar-refractivity contribution in [2.24, 2.45) is 5.92 Å². The Hall–Kier alpha value is -3.28. The average molecular weight is 452 g/mol. The fourth-order valence-corrected chi connectivity index (χ4v) is 3.83. The third-order valence-corrected chi connectivity index (χ3v) is 5.28. The number of hydrogen-bond acceptors (Lipinski definition) is 5. The lowest BCUT2D eigenvalue weighted by Gasteiger charge is -2.25. The molecule has 1 fully saturated rings. The van der Waals surface area contributed by atoms with Gasteiger partial charge in [-0.1, -0.05) is 32.9 Å². The first-order chi connectivity index (χ1) is 15.7. The molecule has 33 heavy (non-hydrogen) atoms. The fourth-order valence-electron chi connectivity index (χ4n) is 3.83. The second kappa shape index (κ2) is 10.6. The molecule has 6 heteroatoms. The van der Waals surface area contributed by atoms with Crippen LogP contribution in [-0.2, 0) is 9.59 Å². The third kappa shape index (κ3) is 5.56. The van der Waals surface area contributed by atoms with Crippen LogP contribution in [0.5, 0.6) is 11.5 Å². The first-order valence-electron chi connectivity index (χ1n) is 11.5. The van der Waals surface area contributed by atoms with Gasteiger partial charge in [-0.05, 0) is 68.1 Å². The number of likely N-dealkylation sites (tertiary alicyclic amines) is 1. The highest BCUT2D eigenvalue weighted by Gasteiger charge is 2.45. The zero-order chi connectivity index (χ0) is 24.1. The second-order valence-electron chi connectivity index (χ2n) is 8.96. The summed E-state index contributed by atoms with van der Waals surface area (Å²) in [6.07, 6.45) is 0.731. The van der Waals surface area contributed by atoms with E-state index in [0.29, 0.717) is 42.6 Å². The maximum atomic E-state index is 13.0. The van der Waals surface area contributed by atoms with E-state index in [-0.39, 0.29) is 17.4 Å². The minimum absolute atomic E-state index is 0.0362. The van der Waals surface area contributed by atoms with Crippen molar-refractivity contribution in [1.29, 1.82) is 0 Å². The number of rotatable bonds is 9. The Morgan fingerprint density at radius 3 is 2.12 bits per heavy atom. The highest BCUT2D eigenvalue weighted by molar-refractivity contribution is 6.46. The molecule has 0 radical (unpaired) electrons. The van der Waals surface area contributed by atoms with E-state index in [2.05, 4.69) is 13.8 Å². The number of aliphatic hydroxyl groups is 1. The minimum Gasteiger partial charge on any atom is -0.507 e. The number of nitrogens with zero attached hydrogens (tertiary/aromatic N) is 1. The van der Waals surface area contributed by atoms with Gasteiger partial charge in [-0.25, -0.2) is 0 Å². The van der Waals surface area contributed by atoms with Gasteiger partial charge < -0.3 is 19.5 Å². The van der Waals surface area contributed by atoms with Gasteiger partial charge in [0.25, 0.3) is 11.7 Å². The standard InChI is InChI=1S/C27H33NO5/c1-6-15-28-24(19-7-13-22(14-8-19)33-18(4)5)23(26(30)27(28)31)25(29)20-9-11-21(12-10-20)32-16-17(2)3/h7-14,17-18,24,29H,6,15-16H2,1-5H3/b25-23-. The van der Waals surface area contributed by atoms with Crippen LogP contribution in [0.15, 0.2) is 54.1 Å². The van der Waals surface area contributed by atoms with E-state index < -0.39 is 17.7 Å². The summed E-state index contributed by atoms with van der Waals surface area (Å²) in [5, 5.41) is 11.1. The molecule has 3 rings (SSSR count). The van der Waals surface area contributed by atoms with Crippen molar-refractivity contribution in [2.45, 2.75) is 53.2 Å². The summed E-state index contributed by atoms with van der Waals surface area (Å²) >= 11 is 0. The quantitative estimate of drug-likeness (QED) is 0.316. The van der Waals surface area contributed by atoms with Gasteiger partial charge in [0.15, 0.2) is 0 Å². The van der Waals surface area contributed by atoms with E-state index in [9.17, 15) is 14.7 Å². The molecule has 2 aromatic rings. The molecule has 1 aliphatic heterocycles. The van der Waals surface area contributed by atoms with Crippen LogP contribution in [0.2, 0.25) is 0 Å². The number of carbonyl (C=O) groups excluding carboxylic acids is 2. The monoisotopic (exact) mass is 451 g/mol. The van der Waals surface area contributed by atoms with E-state index in [1.54, 1.807) is 24.3 Å². The lowest BCUT2D eigenvalue weighted by Crippen LogP contribution is -2.30. The van der Waals surface area contributed by atoms with E-state index >= 15 is 0 Å². The number of amides is 1. The average Bonchev–Trinajstić information content (AvgIpc) is 3.03. The molecule has 0 aliphatic carbocycles. The molecule has 1 atom stereocenters. The maximum absolute atomic E-state index is 13.0. The minimum atomic E-state index is -0.673. The largest absolute Gasteiger partial charge is 0.507 e. The lowest BCUT2D eigenvalue weighted by molar-refractivity contribution is -0.139. The summed E-state index contributed by atoms with van der Waals surface area (Å²) in [4.78, 5) is 27.3. The van der Waals surface area contributed by atoms with Gasteiger partial charge >= 0.3 is 0 Å². The molecular weight excluding hydrogens is 418 g/mol. The molecule has 176 valence electrons. The Morgan fingerprint density at radius 1 is 0.970 bits per heavy atom. The predicted molar refractivity (Wildman–Crippen MR) is 128 cm³/mol. The molecule has 1 saturated heterocycles.